The van der Waals surface area contributed by atoms with E-state index in [1.165, 1.54) is 405 Å². The van der Waals surface area contributed by atoms with Gasteiger partial charge in [0.15, 0.2) is 0 Å². The fourth-order valence-corrected chi connectivity index (χ4v) is 13.4. The molecule has 2 unspecified atom stereocenters. The van der Waals surface area contributed by atoms with Gasteiger partial charge >= 0.3 is 5.97 Å². The molecule has 0 aliphatic rings. The van der Waals surface area contributed by atoms with E-state index in [2.05, 4.69) is 31.3 Å². The van der Waals surface area contributed by atoms with E-state index in [1.807, 2.05) is 6.08 Å². The van der Waals surface area contributed by atoms with Gasteiger partial charge in [-0.05, 0) is 57.8 Å². The minimum atomic E-state index is -0.842. The molecule has 0 heterocycles. The summed E-state index contributed by atoms with van der Waals surface area (Å²) in [5.74, 6) is -0.0417. The van der Waals surface area contributed by atoms with Crippen molar-refractivity contribution in [2.45, 2.75) is 488 Å². The number of ether oxygens (including phenoxy) is 1. The lowest BCUT2D eigenvalue weighted by atomic mass is 10.0. The van der Waals surface area contributed by atoms with Crippen LogP contribution in [0.4, 0.5) is 0 Å². The van der Waals surface area contributed by atoms with Gasteiger partial charge in [-0.2, -0.15) is 0 Å². The Balaban J connectivity index is 3.33. The summed E-state index contributed by atoms with van der Waals surface area (Å²) in [6, 6.07) is -0.625. The topological polar surface area (TPSA) is 95.9 Å². The van der Waals surface area contributed by atoms with Crippen LogP contribution in [0.25, 0.3) is 0 Å². The van der Waals surface area contributed by atoms with Gasteiger partial charge in [0.25, 0.3) is 0 Å². The van der Waals surface area contributed by atoms with Crippen LogP contribution in [-0.4, -0.2) is 47.4 Å². The maximum absolute atomic E-state index is 12.6. The molecule has 0 saturated carbocycles. The lowest BCUT2D eigenvalue weighted by Gasteiger charge is -2.20. The Hall–Kier alpha value is -1.66. The first kappa shape index (κ1) is 88.3. The van der Waals surface area contributed by atoms with Crippen LogP contribution in [0.3, 0.4) is 0 Å². The van der Waals surface area contributed by atoms with Gasteiger partial charge in [0, 0.05) is 12.8 Å². The quantitative estimate of drug-likeness (QED) is 0.0320. The smallest absolute Gasteiger partial charge is 0.305 e. The zero-order chi connectivity index (χ0) is 64.9. The van der Waals surface area contributed by atoms with Gasteiger partial charge in [0.2, 0.25) is 5.91 Å². The number of allylic oxidation sites excluding steroid dienone is 3. The van der Waals surface area contributed by atoms with Gasteiger partial charge in [-0.1, -0.05) is 430 Å². The molecule has 0 fully saturated rings. The summed E-state index contributed by atoms with van der Waals surface area (Å²) in [4.78, 5) is 24.6. The summed E-state index contributed by atoms with van der Waals surface area (Å²) in [7, 11) is 0. The molecular weight excluding hydrogens is 1100 g/mol. The molecule has 3 N–H and O–H groups in total. The van der Waals surface area contributed by atoms with Crippen LogP contribution in [0, 0.1) is 0 Å². The molecule has 90 heavy (non-hydrogen) atoms. The summed E-state index contributed by atoms with van der Waals surface area (Å²) >= 11 is 0. The minimum absolute atomic E-state index is 0.0155. The molecular formula is C84H163NO5. The van der Waals surface area contributed by atoms with Gasteiger partial charge in [0.05, 0.1) is 25.4 Å². The number of rotatable bonds is 79. The van der Waals surface area contributed by atoms with Crippen LogP contribution in [0.2, 0.25) is 0 Å². The molecule has 1 amide bonds. The number of esters is 1. The molecule has 0 aliphatic carbocycles. The van der Waals surface area contributed by atoms with Crippen molar-refractivity contribution in [2.75, 3.05) is 13.2 Å². The molecule has 0 bridgehead atoms. The van der Waals surface area contributed by atoms with Crippen LogP contribution in [0.15, 0.2) is 24.3 Å². The Bertz CT molecular complexity index is 1410. The Kier molecular flexibility index (Phi) is 78.3. The first-order valence-electron chi connectivity index (χ1n) is 41.6. The fraction of sp³-hybridized carbons (Fsp3) is 0.929. The normalized spacial score (nSPS) is 12.5. The average molecular weight is 1270 g/mol. The van der Waals surface area contributed by atoms with Gasteiger partial charge in [-0.15, -0.1) is 0 Å². The van der Waals surface area contributed by atoms with Crippen molar-refractivity contribution < 1.29 is 24.5 Å². The summed E-state index contributed by atoms with van der Waals surface area (Å²) < 4.78 is 5.50. The number of amides is 1. The molecule has 2 atom stereocenters. The predicted octanol–water partition coefficient (Wildman–Crippen LogP) is 27.6. The fourth-order valence-electron chi connectivity index (χ4n) is 13.4. The van der Waals surface area contributed by atoms with E-state index in [0.717, 1.165) is 44.9 Å². The van der Waals surface area contributed by atoms with Crippen LogP contribution in [-0.2, 0) is 14.3 Å². The summed E-state index contributed by atoms with van der Waals surface area (Å²) in [6.07, 6.45) is 103. The average Bonchev–Trinajstić information content (AvgIpc) is 3.68. The van der Waals surface area contributed by atoms with Gasteiger partial charge in [-0.25, -0.2) is 0 Å². The van der Waals surface area contributed by atoms with Crippen molar-refractivity contribution in [3.8, 4) is 0 Å². The van der Waals surface area contributed by atoms with E-state index in [9.17, 15) is 19.8 Å². The van der Waals surface area contributed by atoms with Crippen molar-refractivity contribution in [3.63, 3.8) is 0 Å². The van der Waals surface area contributed by atoms with Crippen molar-refractivity contribution in [1.82, 2.24) is 5.32 Å². The third-order valence-electron chi connectivity index (χ3n) is 19.7. The van der Waals surface area contributed by atoms with E-state index in [4.69, 9.17) is 4.74 Å². The molecule has 0 spiro atoms. The second-order valence-electron chi connectivity index (χ2n) is 28.8. The Morgan fingerprint density at radius 2 is 0.522 bits per heavy atom. The molecule has 0 rings (SSSR count). The molecule has 0 aromatic rings. The molecule has 0 aliphatic heterocycles. The van der Waals surface area contributed by atoms with Crippen LogP contribution in [0.5, 0.6) is 0 Å². The van der Waals surface area contributed by atoms with E-state index in [0.29, 0.717) is 19.4 Å². The Labute approximate surface area is 564 Å². The lowest BCUT2D eigenvalue weighted by molar-refractivity contribution is -0.143. The number of carbonyl (C=O) groups excluding carboxylic acids is 2. The van der Waals surface area contributed by atoms with Gasteiger partial charge in [-0.3, -0.25) is 9.59 Å². The maximum atomic E-state index is 12.6. The maximum Gasteiger partial charge on any atom is 0.305 e. The van der Waals surface area contributed by atoms with E-state index >= 15 is 0 Å². The van der Waals surface area contributed by atoms with Crippen molar-refractivity contribution in [1.29, 1.82) is 0 Å². The first-order valence-corrected chi connectivity index (χ1v) is 41.6. The number of unbranched alkanes of at least 4 members (excludes halogenated alkanes) is 66. The zero-order valence-electron chi connectivity index (χ0n) is 61.4. The zero-order valence-corrected chi connectivity index (χ0v) is 61.4. The van der Waals surface area contributed by atoms with Crippen molar-refractivity contribution >= 4 is 11.9 Å². The number of aliphatic hydroxyl groups is 2. The third kappa shape index (κ3) is 75.4. The summed E-state index contributed by atoms with van der Waals surface area (Å²) in [5, 5.41) is 23.3. The highest BCUT2D eigenvalue weighted by Gasteiger charge is 2.18. The highest BCUT2D eigenvalue weighted by atomic mass is 16.5. The highest BCUT2D eigenvalue weighted by molar-refractivity contribution is 5.76. The number of hydrogen-bond acceptors (Lipinski definition) is 5. The SMILES string of the molecule is CCCCCCCC/C=C\CCCCCCCC(=O)OCCCCCCCCCCCCCCCCCCCCCCCCCCCCCCCCCCCCCC(=O)NC(CO)C(O)/C=C/CCCCCCCCCCCCCCCCCCCCCCC. The van der Waals surface area contributed by atoms with Crippen molar-refractivity contribution in [2.24, 2.45) is 0 Å². The number of nitrogens with one attached hydrogen (secondary N) is 1. The number of hydrogen-bond donors (Lipinski definition) is 3. The van der Waals surface area contributed by atoms with E-state index in [-0.39, 0.29) is 18.5 Å². The van der Waals surface area contributed by atoms with Crippen LogP contribution >= 0.6 is 0 Å². The molecule has 534 valence electrons. The Morgan fingerprint density at radius 1 is 0.300 bits per heavy atom. The molecule has 6 heteroatoms. The van der Waals surface area contributed by atoms with E-state index in [1.54, 1.807) is 6.08 Å². The number of aliphatic hydroxyl groups excluding tert-OH is 2. The molecule has 0 saturated heterocycles. The Morgan fingerprint density at radius 3 is 0.789 bits per heavy atom. The minimum Gasteiger partial charge on any atom is -0.466 e. The first-order chi connectivity index (χ1) is 44.5. The highest BCUT2D eigenvalue weighted by Crippen LogP contribution is 2.20. The second kappa shape index (κ2) is 79.8. The number of carbonyl (C=O) groups is 2. The second-order valence-corrected chi connectivity index (χ2v) is 28.8. The summed E-state index contributed by atoms with van der Waals surface area (Å²) in [5.41, 5.74) is 0. The van der Waals surface area contributed by atoms with Crippen LogP contribution < -0.4 is 5.32 Å². The van der Waals surface area contributed by atoms with E-state index < -0.39 is 12.1 Å². The standard InChI is InChI=1S/C84H163NO5/c1-3-5-7-9-11-13-15-17-19-20-21-22-36-39-42-45-49-52-56-60-64-68-72-76-82(87)81(80-86)85-83(88)77-73-69-65-61-57-53-50-46-43-40-37-34-32-30-28-26-24-23-25-27-29-31-33-35-38-41-44-47-51-55-59-63-67-71-75-79-90-84(89)78-74-70-66-62-58-54-48-18-16-14-12-10-8-6-4-2/h18,48,72,76,81-82,86-87H,3-17,19-47,49-71,73-75,77-80H2,1-2H3,(H,85,88)/b48-18-,76-72+. The third-order valence-corrected chi connectivity index (χ3v) is 19.7. The molecule has 0 radical (unpaired) electrons. The largest absolute Gasteiger partial charge is 0.466 e. The molecule has 0 aromatic carbocycles. The lowest BCUT2D eigenvalue weighted by Crippen LogP contribution is -2.45. The van der Waals surface area contributed by atoms with Gasteiger partial charge in [0.1, 0.15) is 0 Å². The predicted molar refractivity (Wildman–Crippen MR) is 398 cm³/mol. The summed E-state index contributed by atoms with van der Waals surface area (Å²) in [6.45, 7) is 4.95. The molecule has 6 nitrogen and oxygen atoms in total. The van der Waals surface area contributed by atoms with Crippen molar-refractivity contribution in [3.05, 3.63) is 24.3 Å². The molecule has 0 aromatic heterocycles. The van der Waals surface area contributed by atoms with Crippen LogP contribution in [0.1, 0.15) is 476 Å². The van der Waals surface area contributed by atoms with Gasteiger partial charge < -0.3 is 20.3 Å². The monoisotopic (exact) mass is 1270 g/mol.